The number of carboxylic acid groups (broad SMARTS) is 1. The summed E-state index contributed by atoms with van der Waals surface area (Å²) in [7, 11) is 0. The molecule has 0 amide bonds. The lowest BCUT2D eigenvalue weighted by atomic mass is 10.3. The van der Waals surface area contributed by atoms with Crippen LogP contribution in [-0.2, 0) is 11.2 Å². The molecule has 2 rings (SSSR count). The Labute approximate surface area is 113 Å². The molecule has 0 aliphatic carbocycles. The van der Waals surface area contributed by atoms with Crippen molar-refractivity contribution in [1.29, 1.82) is 0 Å². The number of thiazole rings is 1. The van der Waals surface area contributed by atoms with Crippen molar-refractivity contribution in [3.05, 3.63) is 15.6 Å². The molecule has 0 saturated carbocycles. The molecule has 6 heteroatoms. The van der Waals surface area contributed by atoms with E-state index >= 15 is 0 Å². The fraction of sp³-hybridized carbons (Fsp3) is 0.636. The Kier molecular flexibility index (Phi) is 4.38. The summed E-state index contributed by atoms with van der Waals surface area (Å²) in [6.07, 6.45) is 0.0996. The molecule has 1 saturated heterocycles. The monoisotopic (exact) mass is 289 g/mol. The van der Waals surface area contributed by atoms with Crippen LogP contribution in [0.2, 0.25) is 0 Å². The molecule has 1 aromatic heterocycles. The summed E-state index contributed by atoms with van der Waals surface area (Å²) >= 11 is 5.50. The van der Waals surface area contributed by atoms with Crippen molar-refractivity contribution in [2.75, 3.05) is 11.5 Å². The minimum atomic E-state index is -0.776. The Balaban J connectivity index is 2.18. The topological polar surface area (TPSA) is 50.2 Å². The second-order valence-corrected chi connectivity index (χ2v) is 7.85. The molecule has 0 spiro atoms. The van der Waals surface area contributed by atoms with E-state index in [2.05, 4.69) is 11.9 Å². The Morgan fingerprint density at radius 3 is 2.82 bits per heavy atom. The zero-order valence-electron chi connectivity index (χ0n) is 9.80. The molecule has 0 bridgehead atoms. The molecule has 2 heterocycles. The number of hydrogen-bond acceptors (Lipinski definition) is 5. The standard InChI is InChI=1S/C11H15NO2S3/c1-6-8(5-9(13)14)17-11(12-6)10-7(2)15-3-4-16-10/h7,10H,3-5H2,1-2H3,(H,13,14). The maximum absolute atomic E-state index is 10.7. The number of aromatic nitrogens is 1. The summed E-state index contributed by atoms with van der Waals surface area (Å²) in [6, 6.07) is 0. The minimum absolute atomic E-state index is 0.0996. The van der Waals surface area contributed by atoms with Gasteiger partial charge in [0, 0.05) is 21.6 Å². The van der Waals surface area contributed by atoms with E-state index in [1.165, 1.54) is 5.75 Å². The van der Waals surface area contributed by atoms with Crippen LogP contribution in [0, 0.1) is 6.92 Å². The largest absolute Gasteiger partial charge is 0.481 e. The van der Waals surface area contributed by atoms with Crippen molar-refractivity contribution in [3.8, 4) is 0 Å². The molecular weight excluding hydrogens is 274 g/mol. The third-order valence-electron chi connectivity index (χ3n) is 2.65. The number of hydrogen-bond donors (Lipinski definition) is 1. The van der Waals surface area contributed by atoms with E-state index in [-0.39, 0.29) is 6.42 Å². The van der Waals surface area contributed by atoms with Gasteiger partial charge in [-0.1, -0.05) is 6.92 Å². The number of carbonyl (C=O) groups is 1. The maximum atomic E-state index is 10.7. The van der Waals surface area contributed by atoms with Crippen LogP contribution in [0.15, 0.2) is 0 Å². The van der Waals surface area contributed by atoms with Gasteiger partial charge in [-0.15, -0.1) is 23.1 Å². The summed E-state index contributed by atoms with van der Waals surface area (Å²) in [5, 5.41) is 10.9. The molecule has 94 valence electrons. The van der Waals surface area contributed by atoms with Gasteiger partial charge in [-0.3, -0.25) is 4.79 Å². The van der Waals surface area contributed by atoms with Gasteiger partial charge >= 0.3 is 5.97 Å². The zero-order chi connectivity index (χ0) is 12.4. The number of aliphatic carboxylic acids is 1. The average molecular weight is 289 g/mol. The van der Waals surface area contributed by atoms with Crippen LogP contribution in [0.25, 0.3) is 0 Å². The summed E-state index contributed by atoms with van der Waals surface area (Å²) in [4.78, 5) is 16.2. The van der Waals surface area contributed by atoms with Crippen LogP contribution in [0.4, 0.5) is 0 Å². The molecule has 3 nitrogen and oxygen atoms in total. The highest BCUT2D eigenvalue weighted by atomic mass is 32.2. The molecule has 1 N–H and O–H groups in total. The second kappa shape index (κ2) is 5.63. The van der Waals surface area contributed by atoms with Crippen LogP contribution in [-0.4, -0.2) is 32.8 Å². The molecule has 0 aromatic carbocycles. The first kappa shape index (κ1) is 13.2. The van der Waals surface area contributed by atoms with Crippen molar-refractivity contribution in [1.82, 2.24) is 4.98 Å². The normalized spacial score (nSPS) is 24.8. The quantitative estimate of drug-likeness (QED) is 0.927. The first-order chi connectivity index (χ1) is 8.08. The summed E-state index contributed by atoms with van der Waals surface area (Å²) in [5.74, 6) is 1.59. The number of thioether (sulfide) groups is 2. The number of nitrogens with zero attached hydrogens (tertiary/aromatic N) is 1. The Hall–Kier alpha value is -0.200. The fourth-order valence-electron chi connectivity index (χ4n) is 1.78. The molecule has 1 aliphatic heterocycles. The van der Waals surface area contributed by atoms with E-state index < -0.39 is 5.97 Å². The van der Waals surface area contributed by atoms with Gasteiger partial charge in [-0.25, -0.2) is 4.98 Å². The highest BCUT2D eigenvalue weighted by Gasteiger charge is 2.27. The zero-order valence-corrected chi connectivity index (χ0v) is 12.3. The number of carboxylic acids is 1. The highest BCUT2D eigenvalue weighted by molar-refractivity contribution is 8.06. The van der Waals surface area contributed by atoms with Crippen LogP contribution in [0.5, 0.6) is 0 Å². The minimum Gasteiger partial charge on any atom is -0.481 e. The van der Waals surface area contributed by atoms with Crippen molar-refractivity contribution >= 4 is 40.8 Å². The Morgan fingerprint density at radius 1 is 1.47 bits per heavy atom. The van der Waals surface area contributed by atoms with Gasteiger partial charge in [-0.2, -0.15) is 11.8 Å². The van der Waals surface area contributed by atoms with Crippen LogP contribution < -0.4 is 0 Å². The van der Waals surface area contributed by atoms with Crippen LogP contribution >= 0.6 is 34.9 Å². The van der Waals surface area contributed by atoms with Gasteiger partial charge in [0.1, 0.15) is 5.01 Å². The molecule has 2 atom stereocenters. The molecule has 17 heavy (non-hydrogen) atoms. The highest BCUT2D eigenvalue weighted by Crippen LogP contribution is 2.44. The lowest BCUT2D eigenvalue weighted by molar-refractivity contribution is -0.136. The van der Waals surface area contributed by atoms with E-state index in [1.807, 2.05) is 30.4 Å². The predicted molar refractivity (Wildman–Crippen MR) is 75.3 cm³/mol. The van der Waals surface area contributed by atoms with Gasteiger partial charge in [-0.05, 0) is 6.92 Å². The van der Waals surface area contributed by atoms with Crippen molar-refractivity contribution in [3.63, 3.8) is 0 Å². The molecule has 2 unspecified atom stereocenters. The van der Waals surface area contributed by atoms with E-state index in [0.717, 1.165) is 21.3 Å². The molecule has 1 fully saturated rings. The van der Waals surface area contributed by atoms with Crippen molar-refractivity contribution in [2.45, 2.75) is 30.8 Å². The molecule has 1 aromatic rings. The summed E-state index contributed by atoms with van der Waals surface area (Å²) < 4.78 is 0. The molecule has 0 radical (unpaired) electrons. The van der Waals surface area contributed by atoms with E-state index in [0.29, 0.717) is 10.5 Å². The smallest absolute Gasteiger partial charge is 0.308 e. The lowest BCUT2D eigenvalue weighted by Crippen LogP contribution is -2.15. The number of aryl methyl sites for hydroxylation is 1. The van der Waals surface area contributed by atoms with Gasteiger partial charge in [0.25, 0.3) is 0 Å². The Morgan fingerprint density at radius 2 is 2.18 bits per heavy atom. The van der Waals surface area contributed by atoms with E-state index in [9.17, 15) is 4.79 Å². The van der Waals surface area contributed by atoms with Crippen LogP contribution in [0.3, 0.4) is 0 Å². The molecule has 1 aliphatic rings. The van der Waals surface area contributed by atoms with Gasteiger partial charge in [0.2, 0.25) is 0 Å². The Bertz CT molecular complexity index is 419. The van der Waals surface area contributed by atoms with Crippen molar-refractivity contribution in [2.24, 2.45) is 0 Å². The lowest BCUT2D eigenvalue weighted by Gasteiger charge is -2.25. The van der Waals surface area contributed by atoms with Gasteiger partial charge < -0.3 is 5.11 Å². The number of rotatable bonds is 3. The predicted octanol–water partition coefficient (Wildman–Crippen LogP) is 2.99. The summed E-state index contributed by atoms with van der Waals surface area (Å²) in [6.45, 7) is 4.14. The van der Waals surface area contributed by atoms with E-state index in [4.69, 9.17) is 5.11 Å². The first-order valence-electron chi connectivity index (χ1n) is 5.49. The second-order valence-electron chi connectivity index (χ2n) is 4.00. The van der Waals surface area contributed by atoms with Crippen molar-refractivity contribution < 1.29 is 9.90 Å². The third kappa shape index (κ3) is 3.17. The van der Waals surface area contributed by atoms with Crippen LogP contribution in [0.1, 0.15) is 27.8 Å². The first-order valence-corrected chi connectivity index (χ1v) is 8.40. The average Bonchev–Trinajstić information content (AvgIpc) is 2.60. The maximum Gasteiger partial charge on any atom is 0.308 e. The van der Waals surface area contributed by atoms with Gasteiger partial charge in [0.15, 0.2) is 0 Å². The SMILES string of the molecule is Cc1nc(C2SCCSC2C)sc1CC(=O)O. The summed E-state index contributed by atoms with van der Waals surface area (Å²) in [5.41, 5.74) is 0.885. The van der Waals surface area contributed by atoms with Gasteiger partial charge in [0.05, 0.1) is 17.4 Å². The third-order valence-corrected chi connectivity index (χ3v) is 7.14. The van der Waals surface area contributed by atoms with E-state index in [1.54, 1.807) is 11.3 Å². The molecular formula is C11H15NO2S3. The fourth-order valence-corrected chi connectivity index (χ4v) is 5.99.